The molecule has 2 aromatic rings. The molecule has 4 rings (SSSR count). The number of amides is 1. The number of alkyl halides is 1. The highest BCUT2D eigenvalue weighted by molar-refractivity contribution is 14.2. The Morgan fingerprint density at radius 3 is 2.91 bits per heavy atom. The number of carbonyl (C=O) groups excluding carboxylic acids is 1. The van der Waals surface area contributed by atoms with E-state index >= 15 is 0 Å². The van der Waals surface area contributed by atoms with Crippen LogP contribution in [0.3, 0.4) is 0 Å². The summed E-state index contributed by atoms with van der Waals surface area (Å²) in [5.41, 5.74) is 2.54. The summed E-state index contributed by atoms with van der Waals surface area (Å²) in [6.45, 7) is 2.14. The second-order valence-electron chi connectivity index (χ2n) is 7.39. The number of allylic oxidation sites excluding steroid dienone is 2. The van der Waals surface area contributed by atoms with E-state index in [9.17, 15) is 10.1 Å². The zero-order valence-electron chi connectivity index (χ0n) is 17.7. The predicted molar refractivity (Wildman–Crippen MR) is 136 cm³/mol. The first-order valence-electron chi connectivity index (χ1n) is 10.2. The Hall–Kier alpha value is -2.82. The monoisotopic (exact) mass is 556 g/mol. The Kier molecular flexibility index (Phi) is 7.13. The van der Waals surface area contributed by atoms with E-state index in [0.29, 0.717) is 36.9 Å². The standard InChI is InChI=1S/C24H21IN4O2S/c1-15-6-9-18(20(13-25-15)19-12-17(14-26)7-10-21(19)31-2)23(30)27-24-29-28-22(32-24)11-8-16-4-3-5-16/h6-7,9-10,12-13,15-16H,3-5H2,1-2H3,(H,27,29,30). The number of methoxy groups -OCH3 is 1. The third-order valence-electron chi connectivity index (χ3n) is 5.19. The lowest BCUT2D eigenvalue weighted by molar-refractivity contribution is -0.112. The summed E-state index contributed by atoms with van der Waals surface area (Å²) in [5, 5.41) is 21.4. The molecule has 1 N–H and O–H groups in total. The van der Waals surface area contributed by atoms with Gasteiger partial charge in [0, 0.05) is 26.6 Å². The van der Waals surface area contributed by atoms with Crippen LogP contribution in [0.5, 0.6) is 5.75 Å². The van der Waals surface area contributed by atoms with Crippen molar-refractivity contribution in [3.05, 3.63) is 52.1 Å². The van der Waals surface area contributed by atoms with Gasteiger partial charge < -0.3 is 4.74 Å². The lowest BCUT2D eigenvalue weighted by Crippen LogP contribution is -2.15. The highest BCUT2D eigenvalue weighted by Crippen LogP contribution is 2.33. The first-order valence-corrected chi connectivity index (χ1v) is 13.5. The van der Waals surface area contributed by atoms with E-state index in [4.69, 9.17) is 4.74 Å². The molecule has 0 bridgehead atoms. The van der Waals surface area contributed by atoms with Crippen LogP contribution >= 0.6 is 32.1 Å². The number of hydrogen-bond acceptors (Lipinski definition) is 6. The van der Waals surface area contributed by atoms with Crippen molar-refractivity contribution in [2.45, 2.75) is 30.1 Å². The van der Waals surface area contributed by atoms with Gasteiger partial charge in [0.1, 0.15) is 5.75 Å². The smallest absolute Gasteiger partial charge is 0.258 e. The number of benzene rings is 1. The number of halogens is 1. The molecule has 6 nitrogen and oxygen atoms in total. The molecule has 162 valence electrons. The maximum Gasteiger partial charge on any atom is 0.258 e. The topological polar surface area (TPSA) is 87.9 Å². The number of ether oxygens (including phenoxy) is 1. The first kappa shape index (κ1) is 22.4. The Bertz CT molecular complexity index is 1240. The van der Waals surface area contributed by atoms with Gasteiger partial charge in [0.15, 0.2) is 5.01 Å². The van der Waals surface area contributed by atoms with E-state index < -0.39 is 0 Å². The average molecular weight is 556 g/mol. The van der Waals surface area contributed by atoms with Gasteiger partial charge in [-0.3, -0.25) is 10.1 Å². The molecule has 1 fully saturated rings. The van der Waals surface area contributed by atoms with Gasteiger partial charge in [0.25, 0.3) is 5.91 Å². The third-order valence-corrected chi connectivity index (χ3v) is 8.47. The van der Waals surface area contributed by atoms with Gasteiger partial charge in [-0.05, 0) is 41.0 Å². The van der Waals surface area contributed by atoms with E-state index in [1.54, 1.807) is 25.3 Å². The molecule has 1 aromatic heterocycles. The van der Waals surface area contributed by atoms with E-state index in [2.05, 4.69) is 50.4 Å². The Morgan fingerprint density at radius 1 is 1.34 bits per heavy atom. The van der Waals surface area contributed by atoms with Gasteiger partial charge in [-0.15, -0.1) is 30.9 Å². The molecular weight excluding hydrogens is 535 g/mol. The molecule has 32 heavy (non-hydrogen) atoms. The molecule has 1 saturated carbocycles. The van der Waals surface area contributed by atoms with Crippen molar-refractivity contribution in [1.29, 1.82) is 5.26 Å². The SMILES string of the molecule is COc1ccc(C#N)cc1C1=C(C(=O)Nc2nnc(C#CC3CCC3)s2)C=CC(C)I=C1. The number of carbonyl (C=O) groups is 1. The van der Waals surface area contributed by atoms with Crippen molar-refractivity contribution in [2.24, 2.45) is 5.92 Å². The molecule has 1 aliphatic heterocycles. The summed E-state index contributed by atoms with van der Waals surface area (Å²) in [6.07, 6.45) is 7.44. The van der Waals surface area contributed by atoms with Crippen molar-refractivity contribution in [3.63, 3.8) is 0 Å². The lowest BCUT2D eigenvalue weighted by Gasteiger charge is -2.18. The zero-order valence-corrected chi connectivity index (χ0v) is 20.7. The van der Waals surface area contributed by atoms with Crippen LogP contribution in [-0.2, 0) is 4.79 Å². The second kappa shape index (κ2) is 10.2. The highest BCUT2D eigenvalue weighted by Gasteiger charge is 2.20. The van der Waals surface area contributed by atoms with Gasteiger partial charge >= 0.3 is 0 Å². The minimum Gasteiger partial charge on any atom is -0.496 e. The maximum atomic E-state index is 13.3. The number of aromatic nitrogens is 2. The number of rotatable bonds is 4. The fourth-order valence-electron chi connectivity index (χ4n) is 3.18. The number of hydrogen-bond donors (Lipinski definition) is 1. The molecule has 8 heteroatoms. The van der Waals surface area contributed by atoms with Crippen LogP contribution in [0.15, 0.2) is 35.9 Å². The third kappa shape index (κ3) is 5.14. The van der Waals surface area contributed by atoms with Crippen LogP contribution in [-0.4, -0.2) is 31.2 Å². The quantitative estimate of drug-likeness (QED) is 0.336. The molecule has 1 aromatic carbocycles. The fourth-order valence-corrected chi connectivity index (χ4v) is 5.82. The molecule has 1 amide bonds. The van der Waals surface area contributed by atoms with E-state index in [1.165, 1.54) is 17.8 Å². The van der Waals surface area contributed by atoms with Crippen molar-refractivity contribution in [2.75, 3.05) is 12.4 Å². The molecular formula is C24H21IN4O2S. The first-order chi connectivity index (χ1) is 15.6. The molecule has 0 radical (unpaired) electrons. The normalized spacial score (nSPS) is 17.8. The van der Waals surface area contributed by atoms with E-state index in [0.717, 1.165) is 24.0 Å². The summed E-state index contributed by atoms with van der Waals surface area (Å²) in [6, 6.07) is 7.41. The summed E-state index contributed by atoms with van der Waals surface area (Å²) >= 11 is 0.950. The number of nitrogens with zero attached hydrogens (tertiary/aromatic N) is 3. The summed E-state index contributed by atoms with van der Waals surface area (Å²) < 4.78 is 8.05. The van der Waals surface area contributed by atoms with Crippen molar-refractivity contribution < 1.29 is 9.53 Å². The molecule has 0 spiro atoms. The summed E-state index contributed by atoms with van der Waals surface area (Å²) in [7, 11) is 1.59. The number of anilines is 1. The molecule has 1 atom stereocenters. The van der Waals surface area contributed by atoms with Crippen LogP contribution in [0.2, 0.25) is 0 Å². The van der Waals surface area contributed by atoms with Crippen LogP contribution < -0.4 is 10.1 Å². The molecule has 1 unspecified atom stereocenters. The van der Waals surface area contributed by atoms with Crippen molar-refractivity contribution in [3.8, 4) is 23.7 Å². The fraction of sp³-hybridized carbons (Fsp3) is 0.292. The van der Waals surface area contributed by atoms with Crippen LogP contribution in [0.4, 0.5) is 5.13 Å². The van der Waals surface area contributed by atoms with E-state index in [1.807, 2.05) is 6.08 Å². The van der Waals surface area contributed by atoms with Crippen molar-refractivity contribution in [1.82, 2.24) is 10.2 Å². The van der Waals surface area contributed by atoms with Crippen LogP contribution in [0.1, 0.15) is 42.3 Å². The van der Waals surface area contributed by atoms with Gasteiger partial charge in [0.05, 0.1) is 18.7 Å². The Morgan fingerprint density at radius 2 is 2.19 bits per heavy atom. The zero-order chi connectivity index (χ0) is 22.5. The van der Waals surface area contributed by atoms with Gasteiger partial charge in [0.2, 0.25) is 5.13 Å². The summed E-state index contributed by atoms with van der Waals surface area (Å²) in [5.74, 6) is 7.09. The van der Waals surface area contributed by atoms with Gasteiger partial charge in [-0.1, -0.05) is 42.8 Å². The molecule has 0 saturated heterocycles. The van der Waals surface area contributed by atoms with Crippen LogP contribution in [0, 0.1) is 29.1 Å². The second-order valence-corrected chi connectivity index (χ2v) is 11.7. The molecule has 2 aliphatic rings. The molecule has 1 aliphatic carbocycles. The predicted octanol–water partition coefficient (Wildman–Crippen LogP) is 4.69. The van der Waals surface area contributed by atoms with Gasteiger partial charge in [-0.25, -0.2) is 0 Å². The largest absolute Gasteiger partial charge is 0.496 e. The minimum absolute atomic E-state index is 0.273. The lowest BCUT2D eigenvalue weighted by atomic mass is 9.86. The summed E-state index contributed by atoms with van der Waals surface area (Å²) in [4.78, 5) is 13.3. The van der Waals surface area contributed by atoms with Gasteiger partial charge in [-0.2, -0.15) is 5.26 Å². The van der Waals surface area contributed by atoms with Crippen LogP contribution in [0.25, 0.3) is 5.57 Å². The Balaban J connectivity index is 1.66. The number of nitrogens with one attached hydrogen (secondary N) is 1. The highest BCUT2D eigenvalue weighted by atomic mass is 127. The minimum atomic E-state index is -0.323. The Labute approximate surface area is 201 Å². The maximum absolute atomic E-state index is 13.3. The average Bonchev–Trinajstić information content (AvgIpc) is 3.11. The van der Waals surface area contributed by atoms with Crippen molar-refractivity contribution >= 4 is 52.7 Å². The number of nitriles is 1. The van der Waals surface area contributed by atoms with E-state index in [-0.39, 0.29) is 26.6 Å². The molecule has 2 heterocycles.